The van der Waals surface area contributed by atoms with Gasteiger partial charge in [0.05, 0.1) is 11.6 Å². The van der Waals surface area contributed by atoms with Crippen LogP contribution in [0.15, 0.2) is 42.5 Å². The first-order valence-corrected chi connectivity index (χ1v) is 9.50. The lowest BCUT2D eigenvalue weighted by Crippen LogP contribution is -2.39. The molecule has 0 unspecified atom stereocenters. The van der Waals surface area contributed by atoms with E-state index in [1.165, 1.54) is 0 Å². The van der Waals surface area contributed by atoms with Crippen molar-refractivity contribution in [3.63, 3.8) is 0 Å². The normalized spacial score (nSPS) is 18.7. The first-order chi connectivity index (χ1) is 14.1. The summed E-state index contributed by atoms with van der Waals surface area (Å²) in [6.45, 7) is 0. The molecule has 1 aromatic carbocycles. The second kappa shape index (κ2) is 8.06. The van der Waals surface area contributed by atoms with Gasteiger partial charge in [0.15, 0.2) is 5.65 Å². The zero-order chi connectivity index (χ0) is 20.2. The van der Waals surface area contributed by atoms with Crippen LogP contribution in [-0.4, -0.2) is 37.9 Å². The Morgan fingerprint density at radius 1 is 1.10 bits per heavy atom. The average Bonchev–Trinajstić information content (AvgIpc) is 3.13. The first-order valence-electron chi connectivity index (χ1n) is 9.50. The van der Waals surface area contributed by atoms with Crippen LogP contribution in [0.2, 0.25) is 0 Å². The molecule has 1 fully saturated rings. The predicted molar refractivity (Wildman–Crippen MR) is 108 cm³/mol. The molecular formula is C20H21N7O2. The number of aromatic nitrogens is 3. The monoisotopic (exact) mass is 391 g/mol. The maximum atomic E-state index is 10.8. The molecule has 9 nitrogen and oxygen atoms in total. The third kappa shape index (κ3) is 4.38. The highest BCUT2D eigenvalue weighted by Crippen LogP contribution is 2.23. The van der Waals surface area contributed by atoms with Crippen LogP contribution >= 0.6 is 0 Å². The van der Waals surface area contributed by atoms with Gasteiger partial charge >= 0.3 is 6.09 Å². The SMILES string of the molecule is N#Cc1ccc(Nc2nc3cccc(N[C@H]4CC[C@@H](NC(=O)O)CC4)n3n2)cc1. The quantitative estimate of drug-likeness (QED) is 0.525. The maximum absolute atomic E-state index is 10.8. The molecule has 1 aliphatic carbocycles. The number of fused-ring (bicyclic) bond motifs is 1. The zero-order valence-corrected chi connectivity index (χ0v) is 15.7. The minimum atomic E-state index is -0.962. The molecule has 4 rings (SSSR count). The summed E-state index contributed by atoms with van der Waals surface area (Å²) >= 11 is 0. The van der Waals surface area contributed by atoms with Crippen LogP contribution in [0.5, 0.6) is 0 Å². The van der Waals surface area contributed by atoms with E-state index >= 15 is 0 Å². The standard InChI is InChI=1S/C20H21N7O2/c21-12-13-4-6-15(7-5-13)23-19-25-18-3-1-2-17(27(18)26-19)22-14-8-10-16(11-9-14)24-20(28)29/h1-7,14,16,22,24H,8-11H2,(H,23,26)(H,28,29)/t14-,16+. The van der Waals surface area contributed by atoms with Gasteiger partial charge in [0.1, 0.15) is 5.82 Å². The Hall–Kier alpha value is -3.80. The Kier molecular flexibility index (Phi) is 5.16. The number of hydrogen-bond donors (Lipinski definition) is 4. The van der Waals surface area contributed by atoms with Gasteiger partial charge in [-0.05, 0) is 62.1 Å². The fourth-order valence-corrected chi connectivity index (χ4v) is 3.59. The number of carbonyl (C=O) groups is 1. The molecule has 29 heavy (non-hydrogen) atoms. The number of rotatable bonds is 5. The number of amides is 1. The lowest BCUT2D eigenvalue weighted by molar-refractivity contribution is 0.185. The third-order valence-corrected chi connectivity index (χ3v) is 5.04. The van der Waals surface area contributed by atoms with Crippen molar-refractivity contribution in [1.82, 2.24) is 19.9 Å². The second-order valence-electron chi connectivity index (χ2n) is 7.07. The van der Waals surface area contributed by atoms with Crippen molar-refractivity contribution in [2.24, 2.45) is 0 Å². The number of nitrogens with zero attached hydrogens (tertiary/aromatic N) is 4. The molecule has 1 aliphatic rings. The van der Waals surface area contributed by atoms with Crippen molar-refractivity contribution >= 4 is 29.2 Å². The van der Waals surface area contributed by atoms with E-state index in [-0.39, 0.29) is 12.1 Å². The number of nitriles is 1. The molecule has 0 radical (unpaired) electrons. The van der Waals surface area contributed by atoms with Crippen molar-refractivity contribution in [2.75, 3.05) is 10.6 Å². The largest absolute Gasteiger partial charge is 0.465 e. The summed E-state index contributed by atoms with van der Waals surface area (Å²) in [5.41, 5.74) is 2.12. The number of hydrogen-bond acceptors (Lipinski definition) is 6. The molecule has 4 N–H and O–H groups in total. The van der Waals surface area contributed by atoms with E-state index in [0.29, 0.717) is 17.2 Å². The van der Waals surface area contributed by atoms with Crippen LogP contribution in [0, 0.1) is 11.3 Å². The molecule has 0 aliphatic heterocycles. The molecule has 3 aromatic rings. The van der Waals surface area contributed by atoms with Gasteiger partial charge in [-0.3, -0.25) is 0 Å². The fourth-order valence-electron chi connectivity index (χ4n) is 3.59. The highest BCUT2D eigenvalue weighted by molar-refractivity contribution is 5.64. The van der Waals surface area contributed by atoms with Crippen molar-refractivity contribution in [3.05, 3.63) is 48.0 Å². The Morgan fingerprint density at radius 2 is 1.83 bits per heavy atom. The molecule has 0 spiro atoms. The molecule has 0 atom stereocenters. The van der Waals surface area contributed by atoms with E-state index < -0.39 is 6.09 Å². The third-order valence-electron chi connectivity index (χ3n) is 5.04. The predicted octanol–water partition coefficient (Wildman–Crippen LogP) is 3.34. The summed E-state index contributed by atoms with van der Waals surface area (Å²) in [6, 6.07) is 15.2. The molecular weight excluding hydrogens is 370 g/mol. The maximum Gasteiger partial charge on any atom is 0.404 e. The van der Waals surface area contributed by atoms with E-state index in [2.05, 4.69) is 32.1 Å². The molecule has 0 bridgehead atoms. The molecule has 0 saturated heterocycles. The fraction of sp³-hybridized carbons (Fsp3) is 0.300. The van der Waals surface area contributed by atoms with Gasteiger partial charge in [0, 0.05) is 17.8 Å². The summed E-state index contributed by atoms with van der Waals surface area (Å²) < 4.78 is 1.76. The molecule has 1 saturated carbocycles. The van der Waals surface area contributed by atoms with Gasteiger partial charge in [0.25, 0.3) is 0 Å². The molecule has 2 heterocycles. The molecule has 148 valence electrons. The van der Waals surface area contributed by atoms with Crippen molar-refractivity contribution in [1.29, 1.82) is 5.26 Å². The smallest absolute Gasteiger partial charge is 0.404 e. The van der Waals surface area contributed by atoms with Gasteiger partial charge < -0.3 is 21.1 Å². The number of nitrogens with one attached hydrogen (secondary N) is 3. The average molecular weight is 391 g/mol. The summed E-state index contributed by atoms with van der Waals surface area (Å²) in [6.07, 6.45) is 2.42. The van der Waals surface area contributed by atoms with Crippen molar-refractivity contribution in [3.8, 4) is 6.07 Å². The van der Waals surface area contributed by atoms with E-state index in [1.807, 2.05) is 30.3 Å². The number of pyridine rings is 1. The van der Waals surface area contributed by atoms with Gasteiger partial charge in [0.2, 0.25) is 5.95 Å². The number of benzene rings is 1. The second-order valence-corrected chi connectivity index (χ2v) is 7.07. The van der Waals surface area contributed by atoms with Crippen LogP contribution < -0.4 is 16.0 Å². The highest BCUT2D eigenvalue weighted by atomic mass is 16.4. The van der Waals surface area contributed by atoms with E-state index in [1.54, 1.807) is 16.6 Å². The first kappa shape index (κ1) is 18.6. The lowest BCUT2D eigenvalue weighted by Gasteiger charge is -2.29. The summed E-state index contributed by atoms with van der Waals surface area (Å²) in [7, 11) is 0. The van der Waals surface area contributed by atoms with Crippen LogP contribution in [-0.2, 0) is 0 Å². The zero-order valence-electron chi connectivity index (χ0n) is 15.7. The van der Waals surface area contributed by atoms with Gasteiger partial charge in [-0.25, -0.2) is 4.79 Å². The van der Waals surface area contributed by atoms with Crippen LogP contribution in [0.1, 0.15) is 31.2 Å². The van der Waals surface area contributed by atoms with Gasteiger partial charge in [-0.15, -0.1) is 5.10 Å². The minimum Gasteiger partial charge on any atom is -0.465 e. The van der Waals surface area contributed by atoms with Crippen molar-refractivity contribution in [2.45, 2.75) is 37.8 Å². The Morgan fingerprint density at radius 3 is 2.52 bits per heavy atom. The topological polar surface area (TPSA) is 127 Å². The Labute approximate surface area is 167 Å². The summed E-state index contributed by atoms with van der Waals surface area (Å²) in [5.74, 6) is 1.32. The van der Waals surface area contributed by atoms with Gasteiger partial charge in [-0.1, -0.05) is 6.07 Å². The van der Waals surface area contributed by atoms with Gasteiger partial charge in [-0.2, -0.15) is 14.8 Å². The molecule has 1 amide bonds. The van der Waals surface area contributed by atoms with Crippen LogP contribution in [0.4, 0.5) is 22.2 Å². The van der Waals surface area contributed by atoms with E-state index in [4.69, 9.17) is 10.4 Å². The van der Waals surface area contributed by atoms with E-state index in [0.717, 1.165) is 37.2 Å². The molecule has 9 heteroatoms. The summed E-state index contributed by atoms with van der Waals surface area (Å²) in [5, 5.41) is 31.5. The Bertz CT molecular complexity index is 1050. The summed E-state index contributed by atoms with van der Waals surface area (Å²) in [4.78, 5) is 15.3. The Balaban J connectivity index is 1.45. The van der Waals surface area contributed by atoms with Crippen LogP contribution in [0.25, 0.3) is 5.65 Å². The molecule has 2 aromatic heterocycles. The minimum absolute atomic E-state index is 0.0240. The number of carboxylic acid groups (broad SMARTS) is 1. The van der Waals surface area contributed by atoms with E-state index in [9.17, 15) is 4.79 Å². The number of anilines is 3. The highest BCUT2D eigenvalue weighted by Gasteiger charge is 2.23. The van der Waals surface area contributed by atoms with Crippen LogP contribution in [0.3, 0.4) is 0 Å². The lowest BCUT2D eigenvalue weighted by atomic mass is 9.91. The van der Waals surface area contributed by atoms with Crippen molar-refractivity contribution < 1.29 is 9.90 Å².